The van der Waals surface area contributed by atoms with E-state index in [2.05, 4.69) is 19.2 Å². The van der Waals surface area contributed by atoms with Crippen molar-refractivity contribution in [2.45, 2.75) is 32.7 Å². The third-order valence-corrected chi connectivity index (χ3v) is 5.03. The maximum Gasteiger partial charge on any atom is 0.335 e. The number of nitrogens with one attached hydrogen (secondary N) is 1. The Balaban J connectivity index is 2.26. The van der Waals surface area contributed by atoms with Crippen LogP contribution in [0.25, 0.3) is 5.57 Å². The van der Waals surface area contributed by atoms with E-state index < -0.39 is 0 Å². The molecule has 0 aliphatic heterocycles. The number of carbonyl (C=O) groups is 1. The fourth-order valence-electron chi connectivity index (χ4n) is 3.92. The van der Waals surface area contributed by atoms with E-state index in [0.29, 0.717) is 6.61 Å². The topological polar surface area (TPSA) is 47.6 Å². The van der Waals surface area contributed by atoms with Crippen molar-refractivity contribution in [2.24, 2.45) is 0 Å². The zero-order valence-electron chi connectivity index (χ0n) is 16.4. The van der Waals surface area contributed by atoms with Crippen LogP contribution in [0, 0.1) is 0 Å². The van der Waals surface area contributed by atoms with E-state index in [1.54, 1.807) is 7.11 Å². The second-order valence-electron chi connectivity index (χ2n) is 6.65. The van der Waals surface area contributed by atoms with Gasteiger partial charge in [-0.3, -0.25) is 0 Å². The lowest BCUT2D eigenvalue weighted by Crippen LogP contribution is -2.34. The first kappa shape index (κ1) is 19.2. The van der Waals surface area contributed by atoms with Crippen molar-refractivity contribution in [1.29, 1.82) is 0 Å². The summed E-state index contributed by atoms with van der Waals surface area (Å²) in [6.07, 6.45) is 0. The van der Waals surface area contributed by atoms with Crippen molar-refractivity contribution in [3.63, 3.8) is 0 Å². The molecule has 2 atom stereocenters. The van der Waals surface area contributed by atoms with E-state index in [4.69, 9.17) is 9.47 Å². The smallest absolute Gasteiger partial charge is 0.335 e. The van der Waals surface area contributed by atoms with E-state index in [9.17, 15) is 4.79 Å². The summed E-state index contributed by atoms with van der Waals surface area (Å²) in [5.74, 6) is 0.450. The number of carbonyl (C=O) groups excluding carboxylic acids is 1. The van der Waals surface area contributed by atoms with Crippen molar-refractivity contribution in [3.8, 4) is 5.75 Å². The molecule has 1 aliphatic carbocycles. The molecule has 1 N–H and O–H groups in total. The number of likely N-dealkylation sites (N-methyl/N-ethyl adjacent to an activating group) is 1. The molecule has 142 valence electrons. The second kappa shape index (κ2) is 8.40. The van der Waals surface area contributed by atoms with Crippen molar-refractivity contribution in [2.75, 3.05) is 20.3 Å². The van der Waals surface area contributed by atoms with Gasteiger partial charge in [0.15, 0.2) is 0 Å². The van der Waals surface area contributed by atoms with Crippen LogP contribution >= 0.6 is 0 Å². The standard InChI is InChI=1S/C23H27NO3/c1-5-24-15(3)20-19-14-17(26-4)12-13-18(19)21(16-10-8-7-9-11-16)22(20)23(25)27-6-2/h7-15,20,24H,5-6H2,1-4H3. The highest BCUT2D eigenvalue weighted by Gasteiger charge is 2.39. The number of hydrogen-bond donors (Lipinski definition) is 1. The number of benzene rings is 2. The van der Waals surface area contributed by atoms with Gasteiger partial charge in [-0.2, -0.15) is 0 Å². The zero-order valence-corrected chi connectivity index (χ0v) is 16.4. The first-order valence-electron chi connectivity index (χ1n) is 9.50. The summed E-state index contributed by atoms with van der Waals surface area (Å²) in [6.45, 7) is 7.21. The van der Waals surface area contributed by atoms with Crippen molar-refractivity contribution in [1.82, 2.24) is 5.32 Å². The van der Waals surface area contributed by atoms with E-state index in [0.717, 1.165) is 40.1 Å². The molecule has 0 radical (unpaired) electrons. The number of hydrogen-bond acceptors (Lipinski definition) is 4. The van der Waals surface area contributed by atoms with E-state index >= 15 is 0 Å². The highest BCUT2D eigenvalue weighted by molar-refractivity contribution is 6.06. The Morgan fingerprint density at radius 2 is 1.89 bits per heavy atom. The summed E-state index contributed by atoms with van der Waals surface area (Å²) < 4.78 is 10.9. The third-order valence-electron chi connectivity index (χ3n) is 5.03. The van der Waals surface area contributed by atoms with Gasteiger partial charge in [0.25, 0.3) is 0 Å². The van der Waals surface area contributed by atoms with Gasteiger partial charge < -0.3 is 14.8 Å². The summed E-state index contributed by atoms with van der Waals surface area (Å²) in [4.78, 5) is 13.0. The van der Waals surface area contributed by atoms with Crippen LogP contribution in [0.15, 0.2) is 54.1 Å². The second-order valence-corrected chi connectivity index (χ2v) is 6.65. The van der Waals surface area contributed by atoms with Crippen molar-refractivity contribution < 1.29 is 14.3 Å². The van der Waals surface area contributed by atoms with Crippen LogP contribution in [0.2, 0.25) is 0 Å². The van der Waals surface area contributed by atoms with E-state index in [1.807, 2.05) is 55.5 Å². The fraction of sp³-hybridized carbons (Fsp3) is 0.348. The van der Waals surface area contributed by atoms with Crippen molar-refractivity contribution >= 4 is 11.5 Å². The van der Waals surface area contributed by atoms with Crippen LogP contribution in [0.1, 0.15) is 43.4 Å². The largest absolute Gasteiger partial charge is 0.497 e. The average molecular weight is 365 g/mol. The number of methoxy groups -OCH3 is 1. The summed E-state index contributed by atoms with van der Waals surface area (Å²) in [5, 5.41) is 3.48. The number of esters is 1. The molecule has 1 aliphatic rings. The molecule has 0 aromatic heterocycles. The normalized spacial score (nSPS) is 16.8. The van der Waals surface area contributed by atoms with Gasteiger partial charge >= 0.3 is 5.97 Å². The lowest BCUT2D eigenvalue weighted by Gasteiger charge is -2.24. The summed E-state index contributed by atoms with van der Waals surface area (Å²) in [5.41, 5.74) is 4.88. The van der Waals surface area contributed by atoms with E-state index in [-0.39, 0.29) is 17.9 Å². The SMILES string of the molecule is CCNC(C)C1C(C(=O)OCC)=C(c2ccccc2)c2ccc(OC)cc21. The van der Waals surface area contributed by atoms with Crippen LogP contribution in [-0.4, -0.2) is 32.3 Å². The van der Waals surface area contributed by atoms with Gasteiger partial charge in [0.1, 0.15) is 5.75 Å². The number of ether oxygens (including phenoxy) is 2. The Hall–Kier alpha value is -2.59. The molecule has 0 spiro atoms. The maximum absolute atomic E-state index is 13.0. The number of rotatable bonds is 7. The molecule has 27 heavy (non-hydrogen) atoms. The van der Waals surface area contributed by atoms with Gasteiger partial charge in [-0.05, 0) is 49.2 Å². The quantitative estimate of drug-likeness (QED) is 0.749. The Morgan fingerprint density at radius 1 is 1.15 bits per heavy atom. The molecular formula is C23H27NO3. The monoisotopic (exact) mass is 365 g/mol. The van der Waals surface area contributed by atoms with Gasteiger partial charge in [0, 0.05) is 17.5 Å². The van der Waals surface area contributed by atoms with Gasteiger partial charge in [-0.1, -0.05) is 43.3 Å². The molecule has 2 aromatic rings. The summed E-state index contributed by atoms with van der Waals surface area (Å²) in [7, 11) is 1.66. The Labute approximate surface area is 161 Å². The van der Waals surface area contributed by atoms with Crippen LogP contribution in [0.4, 0.5) is 0 Å². The minimum atomic E-state index is -0.249. The third kappa shape index (κ3) is 3.62. The molecule has 2 unspecified atom stereocenters. The van der Waals surface area contributed by atoms with Crippen LogP contribution < -0.4 is 10.1 Å². The molecule has 0 bridgehead atoms. The predicted molar refractivity (Wildman–Crippen MR) is 108 cm³/mol. The minimum Gasteiger partial charge on any atom is -0.497 e. The first-order chi connectivity index (χ1) is 13.1. The van der Waals surface area contributed by atoms with Gasteiger partial charge in [-0.15, -0.1) is 0 Å². The number of fused-ring (bicyclic) bond motifs is 1. The summed E-state index contributed by atoms with van der Waals surface area (Å²) >= 11 is 0. The molecule has 3 rings (SSSR count). The van der Waals surface area contributed by atoms with Crippen LogP contribution in [0.3, 0.4) is 0 Å². The molecule has 4 nitrogen and oxygen atoms in total. The Morgan fingerprint density at radius 3 is 2.52 bits per heavy atom. The molecule has 0 fully saturated rings. The lowest BCUT2D eigenvalue weighted by atomic mass is 9.88. The molecule has 4 heteroatoms. The lowest BCUT2D eigenvalue weighted by molar-refractivity contribution is -0.138. The molecule has 2 aromatic carbocycles. The Kier molecular flexibility index (Phi) is 5.97. The Bertz CT molecular complexity index is 842. The molecule has 0 saturated carbocycles. The first-order valence-corrected chi connectivity index (χ1v) is 9.50. The fourth-order valence-corrected chi connectivity index (χ4v) is 3.92. The van der Waals surface area contributed by atoms with Crippen LogP contribution in [0.5, 0.6) is 5.75 Å². The maximum atomic E-state index is 13.0. The van der Waals surface area contributed by atoms with Gasteiger partial charge in [0.2, 0.25) is 0 Å². The van der Waals surface area contributed by atoms with Gasteiger partial charge in [-0.25, -0.2) is 4.79 Å². The summed E-state index contributed by atoms with van der Waals surface area (Å²) in [6, 6.07) is 16.2. The molecule has 0 saturated heterocycles. The predicted octanol–water partition coefficient (Wildman–Crippen LogP) is 4.16. The molecular weight excluding hydrogens is 338 g/mol. The van der Waals surface area contributed by atoms with Crippen LogP contribution in [-0.2, 0) is 9.53 Å². The zero-order chi connectivity index (χ0) is 19.4. The van der Waals surface area contributed by atoms with E-state index in [1.165, 1.54) is 0 Å². The highest BCUT2D eigenvalue weighted by Crippen LogP contribution is 2.48. The van der Waals surface area contributed by atoms with Crippen molar-refractivity contribution in [3.05, 3.63) is 70.8 Å². The molecule has 0 amide bonds. The van der Waals surface area contributed by atoms with Gasteiger partial charge in [0.05, 0.1) is 19.3 Å². The average Bonchev–Trinajstić information content (AvgIpc) is 3.03. The molecule has 0 heterocycles. The minimum absolute atomic E-state index is 0.0847. The highest BCUT2D eigenvalue weighted by atomic mass is 16.5.